The Kier molecular flexibility index (Phi) is 6.24. The molecule has 7 nitrogen and oxygen atoms in total. The zero-order chi connectivity index (χ0) is 25.6. The molecular weight excluding hydrogens is 498 g/mol. The first-order valence-corrected chi connectivity index (χ1v) is 12.6. The molecule has 3 aromatic rings. The van der Waals surface area contributed by atoms with E-state index in [9.17, 15) is 14.4 Å². The van der Waals surface area contributed by atoms with E-state index in [2.05, 4.69) is 11.6 Å². The molecule has 0 spiro atoms. The SMILES string of the molecule is C=CCN1C(=O)/C(=c2\sc3n(c2=O)C(c2ccccc2Cl)C(C(=O)OCC)=C(C)N=3)c2ccccc21. The molecule has 1 amide bonds. The molecule has 0 aliphatic carbocycles. The van der Waals surface area contributed by atoms with Gasteiger partial charge in [-0.2, -0.15) is 0 Å². The number of halogens is 1. The number of anilines is 1. The first-order chi connectivity index (χ1) is 17.4. The first-order valence-electron chi connectivity index (χ1n) is 11.4. The van der Waals surface area contributed by atoms with Gasteiger partial charge in [0.05, 0.1) is 29.1 Å². The highest BCUT2D eigenvalue weighted by Gasteiger charge is 2.37. The Bertz CT molecular complexity index is 1650. The Balaban J connectivity index is 1.84. The van der Waals surface area contributed by atoms with Gasteiger partial charge in [-0.15, -0.1) is 6.58 Å². The molecule has 182 valence electrons. The standard InChI is InChI=1S/C27H22ClN3O4S/c1-4-14-30-19-13-9-7-11-17(19)21(24(30)32)23-25(33)31-22(16-10-6-8-12-18(16)28)20(26(34)35-5-2)15(3)29-27(31)36-23/h4,6-13,22H,1,5,14H2,2-3H3/b23-21-. The van der Waals surface area contributed by atoms with Gasteiger partial charge >= 0.3 is 5.97 Å². The number of rotatable bonds is 5. The Morgan fingerprint density at radius 2 is 1.92 bits per heavy atom. The van der Waals surface area contributed by atoms with E-state index in [1.54, 1.807) is 49.1 Å². The summed E-state index contributed by atoms with van der Waals surface area (Å²) in [5.74, 6) is -0.849. The lowest BCUT2D eigenvalue weighted by atomic mass is 9.96. The smallest absolute Gasteiger partial charge is 0.338 e. The molecule has 3 heterocycles. The number of allylic oxidation sites excluding steroid dienone is 1. The molecule has 2 aliphatic heterocycles. The number of carbonyl (C=O) groups is 2. The van der Waals surface area contributed by atoms with Gasteiger partial charge in [-0.25, -0.2) is 9.79 Å². The molecule has 2 aromatic carbocycles. The molecule has 9 heteroatoms. The van der Waals surface area contributed by atoms with Gasteiger partial charge in [-0.1, -0.05) is 65.4 Å². The zero-order valence-electron chi connectivity index (χ0n) is 19.7. The molecule has 0 N–H and O–H groups in total. The van der Waals surface area contributed by atoms with E-state index in [1.807, 2.05) is 24.3 Å². The zero-order valence-corrected chi connectivity index (χ0v) is 21.2. The number of thiazole rings is 1. The van der Waals surface area contributed by atoms with E-state index in [-0.39, 0.29) is 22.6 Å². The summed E-state index contributed by atoms with van der Waals surface area (Å²) in [7, 11) is 0. The highest BCUT2D eigenvalue weighted by Crippen LogP contribution is 2.36. The van der Waals surface area contributed by atoms with Gasteiger partial charge in [-0.3, -0.25) is 14.2 Å². The number of benzene rings is 2. The Morgan fingerprint density at radius 1 is 1.19 bits per heavy atom. The minimum absolute atomic E-state index is 0.170. The molecule has 1 aromatic heterocycles. The van der Waals surface area contributed by atoms with Crippen molar-refractivity contribution in [2.24, 2.45) is 4.99 Å². The number of hydrogen-bond acceptors (Lipinski definition) is 6. The second-order valence-corrected chi connectivity index (χ2v) is 9.63. The molecule has 0 radical (unpaired) electrons. The van der Waals surface area contributed by atoms with Crippen LogP contribution in [0.5, 0.6) is 0 Å². The second kappa shape index (κ2) is 9.37. The maximum Gasteiger partial charge on any atom is 0.338 e. The quantitative estimate of drug-likeness (QED) is 0.382. The Labute approximate surface area is 215 Å². The van der Waals surface area contributed by atoms with Crippen molar-refractivity contribution in [1.29, 1.82) is 0 Å². The van der Waals surface area contributed by atoms with E-state index in [1.165, 1.54) is 4.57 Å². The lowest BCUT2D eigenvalue weighted by Crippen LogP contribution is -2.41. The predicted molar refractivity (Wildman–Crippen MR) is 140 cm³/mol. The number of amides is 1. The lowest BCUT2D eigenvalue weighted by molar-refractivity contribution is -0.139. The third-order valence-corrected chi connectivity index (χ3v) is 7.55. The van der Waals surface area contributed by atoms with Gasteiger partial charge in [-0.05, 0) is 31.5 Å². The largest absolute Gasteiger partial charge is 0.463 e. The number of hydrogen-bond donors (Lipinski definition) is 0. The number of fused-ring (bicyclic) bond motifs is 2. The normalized spacial score (nSPS) is 18.0. The topological polar surface area (TPSA) is 81.0 Å². The van der Waals surface area contributed by atoms with Crippen LogP contribution in [0.4, 0.5) is 5.69 Å². The van der Waals surface area contributed by atoms with E-state index in [0.29, 0.717) is 44.5 Å². The average molecular weight is 520 g/mol. The van der Waals surface area contributed by atoms with Gasteiger partial charge in [0.25, 0.3) is 11.5 Å². The minimum Gasteiger partial charge on any atom is -0.463 e. The summed E-state index contributed by atoms with van der Waals surface area (Å²) in [5.41, 5.74) is 2.52. The van der Waals surface area contributed by atoms with Crippen molar-refractivity contribution in [2.45, 2.75) is 19.9 Å². The van der Waals surface area contributed by atoms with Crippen molar-refractivity contribution in [3.05, 3.63) is 108 Å². The summed E-state index contributed by atoms with van der Waals surface area (Å²) in [6.45, 7) is 7.66. The van der Waals surface area contributed by atoms with Crippen molar-refractivity contribution < 1.29 is 14.3 Å². The number of esters is 1. The maximum atomic E-state index is 14.0. The fourth-order valence-electron chi connectivity index (χ4n) is 4.64. The lowest BCUT2D eigenvalue weighted by Gasteiger charge is -2.25. The number of ether oxygens (including phenoxy) is 1. The Hall–Kier alpha value is -3.75. The van der Waals surface area contributed by atoms with Crippen LogP contribution < -0.4 is 19.8 Å². The number of aromatic nitrogens is 1. The highest BCUT2D eigenvalue weighted by molar-refractivity contribution is 7.07. The third-order valence-electron chi connectivity index (χ3n) is 6.15. The van der Waals surface area contributed by atoms with Crippen molar-refractivity contribution in [3.8, 4) is 0 Å². The third kappa shape index (κ3) is 3.65. The summed E-state index contributed by atoms with van der Waals surface area (Å²) in [4.78, 5) is 47.2. The average Bonchev–Trinajstić information content (AvgIpc) is 3.32. The summed E-state index contributed by atoms with van der Waals surface area (Å²) in [6.07, 6.45) is 1.64. The molecule has 36 heavy (non-hydrogen) atoms. The summed E-state index contributed by atoms with van der Waals surface area (Å²) in [5, 5.41) is 0.400. The van der Waals surface area contributed by atoms with Crippen LogP contribution in [-0.4, -0.2) is 29.6 Å². The van der Waals surface area contributed by atoms with Crippen LogP contribution >= 0.6 is 22.9 Å². The fraction of sp³-hybridized carbons (Fsp3) is 0.185. The molecule has 0 bridgehead atoms. The monoisotopic (exact) mass is 519 g/mol. The molecule has 0 saturated carbocycles. The second-order valence-electron chi connectivity index (χ2n) is 8.24. The van der Waals surface area contributed by atoms with E-state index in [0.717, 1.165) is 11.3 Å². The number of para-hydroxylation sites is 1. The number of carbonyl (C=O) groups excluding carboxylic acids is 2. The van der Waals surface area contributed by atoms with Crippen molar-refractivity contribution in [1.82, 2.24) is 4.57 Å². The molecule has 0 saturated heterocycles. The van der Waals surface area contributed by atoms with Gasteiger partial charge in [0.1, 0.15) is 10.6 Å². The van der Waals surface area contributed by atoms with Crippen molar-refractivity contribution in [3.63, 3.8) is 0 Å². The van der Waals surface area contributed by atoms with Gasteiger partial charge < -0.3 is 9.64 Å². The van der Waals surface area contributed by atoms with Crippen LogP contribution in [0.15, 0.2) is 82.2 Å². The molecular formula is C27H22ClN3O4S. The fourth-order valence-corrected chi connectivity index (χ4v) is 6.02. The van der Waals surface area contributed by atoms with Crippen LogP contribution in [0.3, 0.4) is 0 Å². The predicted octanol–water partition coefficient (Wildman–Crippen LogP) is 3.35. The Morgan fingerprint density at radius 3 is 2.64 bits per heavy atom. The van der Waals surface area contributed by atoms with Crippen LogP contribution in [0.1, 0.15) is 31.0 Å². The van der Waals surface area contributed by atoms with E-state index in [4.69, 9.17) is 16.3 Å². The van der Waals surface area contributed by atoms with Crippen LogP contribution in [-0.2, 0) is 14.3 Å². The molecule has 1 unspecified atom stereocenters. The highest BCUT2D eigenvalue weighted by atomic mass is 35.5. The van der Waals surface area contributed by atoms with Gasteiger partial charge in [0.2, 0.25) is 0 Å². The van der Waals surface area contributed by atoms with Gasteiger partial charge in [0.15, 0.2) is 4.80 Å². The summed E-state index contributed by atoms with van der Waals surface area (Å²) < 4.78 is 7.02. The van der Waals surface area contributed by atoms with Crippen molar-refractivity contribution >= 4 is 46.1 Å². The maximum absolute atomic E-state index is 14.0. The summed E-state index contributed by atoms with van der Waals surface area (Å²) >= 11 is 7.68. The van der Waals surface area contributed by atoms with Crippen LogP contribution in [0, 0.1) is 0 Å². The number of nitrogens with zero attached hydrogens (tertiary/aromatic N) is 3. The van der Waals surface area contributed by atoms with Crippen molar-refractivity contribution in [2.75, 3.05) is 18.1 Å². The van der Waals surface area contributed by atoms with E-state index < -0.39 is 17.6 Å². The molecule has 1 atom stereocenters. The van der Waals surface area contributed by atoms with Crippen LogP contribution in [0.25, 0.3) is 5.57 Å². The van der Waals surface area contributed by atoms with E-state index >= 15 is 0 Å². The van der Waals surface area contributed by atoms with Crippen LogP contribution in [0.2, 0.25) is 5.02 Å². The van der Waals surface area contributed by atoms with Gasteiger partial charge in [0, 0.05) is 17.1 Å². The molecule has 0 fully saturated rings. The minimum atomic E-state index is -0.848. The molecule has 2 aliphatic rings. The molecule has 5 rings (SSSR count). The first kappa shape index (κ1) is 24.0. The summed E-state index contributed by atoms with van der Waals surface area (Å²) in [6, 6.07) is 13.5.